The van der Waals surface area contributed by atoms with Crippen molar-refractivity contribution in [2.75, 3.05) is 53.6 Å². The van der Waals surface area contributed by atoms with Crippen LogP contribution in [0.3, 0.4) is 0 Å². The van der Waals surface area contributed by atoms with Crippen molar-refractivity contribution in [2.45, 2.75) is 45.3 Å². The molecule has 21 heavy (non-hydrogen) atoms. The first-order valence-electron chi connectivity index (χ1n) is 7.95. The molecule has 1 heterocycles. The number of nitrogens with zero attached hydrogens (tertiary/aromatic N) is 1. The van der Waals surface area contributed by atoms with E-state index in [2.05, 4.69) is 38.0 Å². The van der Waals surface area contributed by atoms with Crippen LogP contribution in [0, 0.1) is 5.41 Å². The lowest BCUT2D eigenvalue weighted by molar-refractivity contribution is -0.0152. The molecule has 0 radical (unpaired) electrons. The Morgan fingerprint density at radius 2 is 1.95 bits per heavy atom. The van der Waals surface area contributed by atoms with Gasteiger partial charge < -0.3 is 24.8 Å². The number of rotatable bonds is 8. The number of likely N-dealkylation sites (N-methyl/N-ethyl adjacent to an activating group) is 1. The Labute approximate surface area is 130 Å². The monoisotopic (exact) mass is 302 g/mol. The molecule has 1 atom stereocenters. The molecule has 2 N–H and O–H groups in total. The fourth-order valence-electron chi connectivity index (χ4n) is 2.89. The first kappa shape index (κ1) is 18.8. The standard InChI is InChI=1S/C16H34N2O3/c1-15(2,3)17-12-16(6-8-21-9-7-16)13-18(4)10-14(19)11-20-5/h14,17,19H,6-13H2,1-5H3. The lowest BCUT2D eigenvalue weighted by Crippen LogP contribution is -2.51. The smallest absolute Gasteiger partial charge is 0.0899 e. The van der Waals surface area contributed by atoms with Gasteiger partial charge in [-0.3, -0.25) is 0 Å². The summed E-state index contributed by atoms with van der Waals surface area (Å²) < 4.78 is 10.5. The molecule has 1 fully saturated rings. The van der Waals surface area contributed by atoms with E-state index in [4.69, 9.17) is 9.47 Å². The van der Waals surface area contributed by atoms with Gasteiger partial charge in [-0.15, -0.1) is 0 Å². The largest absolute Gasteiger partial charge is 0.389 e. The molecule has 0 saturated carbocycles. The van der Waals surface area contributed by atoms with Crippen LogP contribution in [0.1, 0.15) is 33.6 Å². The van der Waals surface area contributed by atoms with Crippen LogP contribution >= 0.6 is 0 Å². The molecule has 5 heteroatoms. The van der Waals surface area contributed by atoms with Crippen molar-refractivity contribution in [3.8, 4) is 0 Å². The van der Waals surface area contributed by atoms with Crippen LogP contribution in [-0.2, 0) is 9.47 Å². The van der Waals surface area contributed by atoms with Crippen LogP contribution in [0.4, 0.5) is 0 Å². The van der Waals surface area contributed by atoms with E-state index in [1.54, 1.807) is 7.11 Å². The second-order valence-electron chi connectivity index (χ2n) is 7.52. The van der Waals surface area contributed by atoms with Crippen molar-refractivity contribution in [3.05, 3.63) is 0 Å². The van der Waals surface area contributed by atoms with E-state index in [9.17, 15) is 5.11 Å². The summed E-state index contributed by atoms with van der Waals surface area (Å²) in [4.78, 5) is 2.22. The van der Waals surface area contributed by atoms with Crippen LogP contribution in [0.25, 0.3) is 0 Å². The van der Waals surface area contributed by atoms with Crippen molar-refractivity contribution >= 4 is 0 Å². The molecule has 5 nitrogen and oxygen atoms in total. The van der Waals surface area contributed by atoms with E-state index in [0.29, 0.717) is 13.2 Å². The lowest BCUT2D eigenvalue weighted by Gasteiger charge is -2.42. The number of hydrogen-bond acceptors (Lipinski definition) is 5. The number of methoxy groups -OCH3 is 1. The average Bonchev–Trinajstić information content (AvgIpc) is 2.37. The number of hydrogen-bond donors (Lipinski definition) is 2. The van der Waals surface area contributed by atoms with Crippen LogP contribution in [0.5, 0.6) is 0 Å². The molecule has 1 saturated heterocycles. The highest BCUT2D eigenvalue weighted by Crippen LogP contribution is 2.31. The first-order valence-corrected chi connectivity index (χ1v) is 7.95. The number of aliphatic hydroxyl groups is 1. The van der Waals surface area contributed by atoms with E-state index in [0.717, 1.165) is 39.1 Å². The molecule has 1 unspecified atom stereocenters. The maximum absolute atomic E-state index is 9.89. The Balaban J connectivity index is 2.56. The summed E-state index contributed by atoms with van der Waals surface area (Å²) in [7, 11) is 3.70. The van der Waals surface area contributed by atoms with Gasteiger partial charge in [0.15, 0.2) is 0 Å². The summed E-state index contributed by atoms with van der Waals surface area (Å²) in [5.74, 6) is 0. The zero-order chi connectivity index (χ0) is 15.9. The second-order valence-corrected chi connectivity index (χ2v) is 7.52. The number of aliphatic hydroxyl groups excluding tert-OH is 1. The van der Waals surface area contributed by atoms with Gasteiger partial charge in [0.05, 0.1) is 12.7 Å². The third-order valence-electron chi connectivity index (χ3n) is 4.03. The predicted octanol–water partition coefficient (Wildman–Crippen LogP) is 1.11. The third-order valence-corrected chi connectivity index (χ3v) is 4.03. The van der Waals surface area contributed by atoms with Gasteiger partial charge in [-0.2, -0.15) is 0 Å². The van der Waals surface area contributed by atoms with E-state index >= 15 is 0 Å². The Morgan fingerprint density at radius 3 is 2.48 bits per heavy atom. The molecule has 0 aromatic heterocycles. The third kappa shape index (κ3) is 7.56. The van der Waals surface area contributed by atoms with Crippen molar-refractivity contribution < 1.29 is 14.6 Å². The molecule has 0 aromatic rings. The quantitative estimate of drug-likeness (QED) is 0.703. The predicted molar refractivity (Wildman–Crippen MR) is 85.6 cm³/mol. The minimum absolute atomic E-state index is 0.124. The highest BCUT2D eigenvalue weighted by molar-refractivity contribution is 4.89. The maximum Gasteiger partial charge on any atom is 0.0899 e. The molecule has 1 rings (SSSR count). The molecule has 0 amide bonds. The second kappa shape index (κ2) is 8.44. The molecular weight excluding hydrogens is 268 g/mol. The minimum atomic E-state index is -0.424. The molecule has 0 bridgehead atoms. The molecule has 1 aliphatic rings. The Bertz CT molecular complexity index is 286. The van der Waals surface area contributed by atoms with Gasteiger partial charge in [0.25, 0.3) is 0 Å². The lowest BCUT2D eigenvalue weighted by atomic mass is 9.79. The minimum Gasteiger partial charge on any atom is -0.389 e. The Hall–Kier alpha value is -0.200. The molecule has 0 aliphatic carbocycles. The number of nitrogens with one attached hydrogen (secondary N) is 1. The summed E-state index contributed by atoms with van der Waals surface area (Å²) in [5.41, 5.74) is 0.354. The van der Waals surface area contributed by atoms with Gasteiger partial charge in [-0.05, 0) is 46.1 Å². The Morgan fingerprint density at radius 1 is 1.33 bits per heavy atom. The molecule has 0 spiro atoms. The van der Waals surface area contributed by atoms with Crippen LogP contribution in [-0.4, -0.2) is 75.3 Å². The van der Waals surface area contributed by atoms with E-state index in [-0.39, 0.29) is 11.0 Å². The molecular formula is C16H34N2O3. The Kier molecular flexibility index (Phi) is 7.57. The van der Waals surface area contributed by atoms with E-state index in [1.165, 1.54) is 0 Å². The van der Waals surface area contributed by atoms with Crippen molar-refractivity contribution in [1.82, 2.24) is 10.2 Å². The highest BCUT2D eigenvalue weighted by Gasteiger charge is 2.34. The fraction of sp³-hybridized carbons (Fsp3) is 1.00. The van der Waals surface area contributed by atoms with Crippen molar-refractivity contribution in [2.24, 2.45) is 5.41 Å². The fourth-order valence-corrected chi connectivity index (χ4v) is 2.89. The van der Waals surface area contributed by atoms with Gasteiger partial charge >= 0.3 is 0 Å². The topological polar surface area (TPSA) is 54.0 Å². The van der Waals surface area contributed by atoms with Crippen LogP contribution in [0.15, 0.2) is 0 Å². The van der Waals surface area contributed by atoms with Gasteiger partial charge in [0.2, 0.25) is 0 Å². The summed E-state index contributed by atoms with van der Waals surface area (Å²) in [6.07, 6.45) is 1.72. The van der Waals surface area contributed by atoms with Crippen LogP contribution in [0.2, 0.25) is 0 Å². The zero-order valence-corrected chi connectivity index (χ0v) is 14.4. The van der Waals surface area contributed by atoms with Gasteiger partial charge in [0, 0.05) is 45.5 Å². The first-order chi connectivity index (χ1) is 9.76. The van der Waals surface area contributed by atoms with Crippen molar-refractivity contribution in [3.63, 3.8) is 0 Å². The van der Waals surface area contributed by atoms with E-state index in [1.807, 2.05) is 0 Å². The number of ether oxygens (including phenoxy) is 2. The van der Waals surface area contributed by atoms with Gasteiger partial charge in [0.1, 0.15) is 0 Å². The van der Waals surface area contributed by atoms with Gasteiger partial charge in [-0.1, -0.05) is 0 Å². The normalized spacial score (nSPS) is 20.7. The SMILES string of the molecule is COCC(O)CN(C)CC1(CNC(C)(C)C)CCOCC1. The summed E-state index contributed by atoms with van der Waals surface area (Å²) >= 11 is 0. The summed E-state index contributed by atoms with van der Waals surface area (Å²) in [6, 6.07) is 0. The maximum atomic E-state index is 9.89. The van der Waals surface area contributed by atoms with Crippen LogP contribution < -0.4 is 5.32 Å². The summed E-state index contributed by atoms with van der Waals surface area (Å²) in [6.45, 7) is 11.3. The van der Waals surface area contributed by atoms with Crippen molar-refractivity contribution in [1.29, 1.82) is 0 Å². The zero-order valence-electron chi connectivity index (χ0n) is 14.4. The van der Waals surface area contributed by atoms with E-state index < -0.39 is 6.10 Å². The average molecular weight is 302 g/mol. The highest BCUT2D eigenvalue weighted by atomic mass is 16.5. The molecule has 1 aliphatic heterocycles. The summed E-state index contributed by atoms with van der Waals surface area (Å²) in [5, 5.41) is 13.5. The molecule has 0 aromatic carbocycles. The molecule has 126 valence electrons. The van der Waals surface area contributed by atoms with Gasteiger partial charge in [-0.25, -0.2) is 0 Å².